The predicted molar refractivity (Wildman–Crippen MR) is 76.4 cm³/mol. The minimum absolute atomic E-state index is 0.910. The molecule has 1 fully saturated rings. The van der Waals surface area contributed by atoms with E-state index < -0.39 is 0 Å². The fourth-order valence-corrected chi connectivity index (χ4v) is 3.53. The second kappa shape index (κ2) is 5.31. The zero-order valence-electron chi connectivity index (χ0n) is 11.2. The summed E-state index contributed by atoms with van der Waals surface area (Å²) in [7, 11) is 0. The Hall–Kier alpha value is -1.02. The fourth-order valence-electron chi connectivity index (χ4n) is 3.53. The lowest BCUT2D eigenvalue weighted by molar-refractivity contribution is 0.187. The molecule has 2 heteroatoms. The number of rotatable bonds is 2. The van der Waals surface area contributed by atoms with Crippen LogP contribution in [0.3, 0.4) is 0 Å². The summed E-state index contributed by atoms with van der Waals surface area (Å²) >= 11 is 0. The Balaban J connectivity index is 1.63. The summed E-state index contributed by atoms with van der Waals surface area (Å²) in [6, 6.07) is 6.42. The number of benzene rings is 1. The molecule has 0 spiro atoms. The molecule has 3 rings (SSSR count). The zero-order chi connectivity index (χ0) is 12.4. The number of nitrogens with zero attached hydrogens (tertiary/aromatic N) is 1. The number of hydrogen-bond donors (Lipinski definition) is 1. The Kier molecular flexibility index (Phi) is 3.55. The molecular weight excluding hydrogens is 220 g/mol. The Labute approximate surface area is 110 Å². The first kappa shape index (κ1) is 12.0. The van der Waals surface area contributed by atoms with E-state index in [2.05, 4.69) is 17.0 Å². The van der Waals surface area contributed by atoms with Crippen molar-refractivity contribution in [2.45, 2.75) is 45.1 Å². The average molecular weight is 244 g/mol. The molecule has 2 nitrogen and oxygen atoms in total. The lowest BCUT2D eigenvalue weighted by atomic mass is 9.88. The van der Waals surface area contributed by atoms with Crippen molar-refractivity contribution in [3.63, 3.8) is 0 Å². The van der Waals surface area contributed by atoms with Gasteiger partial charge in [0.05, 0.1) is 0 Å². The molecule has 1 aromatic carbocycles. The van der Waals surface area contributed by atoms with Crippen LogP contribution >= 0.6 is 0 Å². The molecule has 0 bridgehead atoms. The van der Waals surface area contributed by atoms with Crippen LogP contribution in [-0.2, 0) is 13.0 Å². The van der Waals surface area contributed by atoms with E-state index in [-0.39, 0.29) is 0 Å². The van der Waals surface area contributed by atoms with Gasteiger partial charge in [-0.2, -0.15) is 0 Å². The van der Waals surface area contributed by atoms with E-state index in [0.717, 1.165) is 18.2 Å². The van der Waals surface area contributed by atoms with Gasteiger partial charge in [-0.25, -0.2) is 0 Å². The fraction of sp³-hybridized carbons (Fsp3) is 0.625. The van der Waals surface area contributed by atoms with E-state index in [1.165, 1.54) is 62.7 Å². The summed E-state index contributed by atoms with van der Waals surface area (Å²) in [4.78, 5) is 2.64. The van der Waals surface area contributed by atoms with E-state index in [9.17, 15) is 0 Å². The normalized spacial score (nSPS) is 21.8. The van der Waals surface area contributed by atoms with Gasteiger partial charge in [0.15, 0.2) is 0 Å². The second-order valence-corrected chi connectivity index (χ2v) is 6.02. The maximum atomic E-state index is 5.89. The van der Waals surface area contributed by atoms with Crippen molar-refractivity contribution >= 4 is 5.69 Å². The van der Waals surface area contributed by atoms with Crippen LogP contribution in [0.15, 0.2) is 18.2 Å². The van der Waals surface area contributed by atoms with Crippen molar-refractivity contribution in [1.82, 2.24) is 4.90 Å². The molecule has 0 radical (unpaired) electrons. The molecule has 0 unspecified atom stereocenters. The molecule has 18 heavy (non-hydrogen) atoms. The van der Waals surface area contributed by atoms with E-state index in [4.69, 9.17) is 5.73 Å². The third-order valence-corrected chi connectivity index (χ3v) is 4.56. The number of fused-ring (bicyclic) bond motifs is 1. The Morgan fingerprint density at radius 2 is 1.94 bits per heavy atom. The molecule has 0 saturated heterocycles. The van der Waals surface area contributed by atoms with Gasteiger partial charge in [0.2, 0.25) is 0 Å². The van der Waals surface area contributed by atoms with Crippen LogP contribution in [0.5, 0.6) is 0 Å². The van der Waals surface area contributed by atoms with Gasteiger partial charge in [-0.1, -0.05) is 25.3 Å². The molecule has 1 aliphatic carbocycles. The highest BCUT2D eigenvalue weighted by atomic mass is 15.1. The molecule has 0 aromatic heterocycles. The van der Waals surface area contributed by atoms with Crippen LogP contribution in [-0.4, -0.2) is 18.0 Å². The Morgan fingerprint density at radius 3 is 2.78 bits per heavy atom. The van der Waals surface area contributed by atoms with Crippen LogP contribution in [0.2, 0.25) is 0 Å². The minimum atomic E-state index is 0.910. The van der Waals surface area contributed by atoms with Crippen molar-refractivity contribution in [3.8, 4) is 0 Å². The molecule has 2 N–H and O–H groups in total. The van der Waals surface area contributed by atoms with E-state index >= 15 is 0 Å². The first-order valence-corrected chi connectivity index (χ1v) is 7.41. The third kappa shape index (κ3) is 2.69. The Bertz CT molecular complexity index is 408. The Morgan fingerprint density at radius 1 is 1.11 bits per heavy atom. The number of anilines is 1. The van der Waals surface area contributed by atoms with Gasteiger partial charge in [0.25, 0.3) is 0 Å². The van der Waals surface area contributed by atoms with Crippen molar-refractivity contribution in [3.05, 3.63) is 29.3 Å². The summed E-state index contributed by atoms with van der Waals surface area (Å²) in [5, 5.41) is 0. The van der Waals surface area contributed by atoms with Gasteiger partial charge in [-0.05, 0) is 48.4 Å². The van der Waals surface area contributed by atoms with Crippen molar-refractivity contribution in [2.75, 3.05) is 18.8 Å². The van der Waals surface area contributed by atoms with Crippen LogP contribution in [0.1, 0.15) is 43.2 Å². The van der Waals surface area contributed by atoms with Gasteiger partial charge >= 0.3 is 0 Å². The molecule has 1 heterocycles. The number of nitrogens with two attached hydrogens (primary N) is 1. The quantitative estimate of drug-likeness (QED) is 0.809. The van der Waals surface area contributed by atoms with Gasteiger partial charge in [0.1, 0.15) is 0 Å². The smallest absolute Gasteiger partial charge is 0.0317 e. The third-order valence-electron chi connectivity index (χ3n) is 4.56. The van der Waals surface area contributed by atoms with Crippen LogP contribution in [0.4, 0.5) is 5.69 Å². The molecule has 0 amide bonds. The standard InChI is InChI=1S/C16H24N2/c17-16-7-6-14-8-9-18(12-15(14)10-16)11-13-4-2-1-3-5-13/h6-7,10,13H,1-5,8-9,11-12,17H2. The van der Waals surface area contributed by atoms with Crippen molar-refractivity contribution in [1.29, 1.82) is 0 Å². The van der Waals surface area contributed by atoms with Crippen LogP contribution in [0.25, 0.3) is 0 Å². The maximum absolute atomic E-state index is 5.89. The van der Waals surface area contributed by atoms with Crippen LogP contribution in [0, 0.1) is 5.92 Å². The van der Waals surface area contributed by atoms with Gasteiger partial charge in [-0.15, -0.1) is 0 Å². The van der Waals surface area contributed by atoms with Crippen LogP contribution < -0.4 is 5.73 Å². The first-order chi connectivity index (χ1) is 8.81. The maximum Gasteiger partial charge on any atom is 0.0317 e. The summed E-state index contributed by atoms with van der Waals surface area (Å²) in [6.45, 7) is 3.64. The SMILES string of the molecule is Nc1ccc2c(c1)CN(CC1CCCCC1)CC2. The van der Waals surface area contributed by atoms with Gasteiger partial charge in [0, 0.05) is 25.3 Å². The first-order valence-electron chi connectivity index (χ1n) is 7.41. The van der Waals surface area contributed by atoms with E-state index in [1.54, 1.807) is 0 Å². The van der Waals surface area contributed by atoms with Crippen molar-refractivity contribution < 1.29 is 0 Å². The molecule has 1 aromatic rings. The van der Waals surface area contributed by atoms with E-state index in [0.29, 0.717) is 0 Å². The predicted octanol–water partition coefficient (Wildman–Crippen LogP) is 3.21. The summed E-state index contributed by atoms with van der Waals surface area (Å²) in [5.41, 5.74) is 9.76. The molecule has 0 atom stereocenters. The van der Waals surface area contributed by atoms with Gasteiger partial charge < -0.3 is 5.73 Å². The molecule has 1 aliphatic heterocycles. The van der Waals surface area contributed by atoms with Crippen molar-refractivity contribution in [2.24, 2.45) is 5.92 Å². The minimum Gasteiger partial charge on any atom is -0.399 e. The second-order valence-electron chi connectivity index (χ2n) is 6.02. The lowest BCUT2D eigenvalue weighted by Crippen LogP contribution is -2.35. The zero-order valence-corrected chi connectivity index (χ0v) is 11.2. The molecular formula is C16H24N2. The monoisotopic (exact) mass is 244 g/mol. The lowest BCUT2D eigenvalue weighted by Gasteiger charge is -2.33. The summed E-state index contributed by atoms with van der Waals surface area (Å²) < 4.78 is 0. The highest BCUT2D eigenvalue weighted by molar-refractivity contribution is 5.45. The highest BCUT2D eigenvalue weighted by Crippen LogP contribution is 2.27. The summed E-state index contributed by atoms with van der Waals surface area (Å²) in [6.07, 6.45) is 8.43. The van der Waals surface area contributed by atoms with E-state index in [1.807, 2.05) is 6.07 Å². The summed E-state index contributed by atoms with van der Waals surface area (Å²) in [5.74, 6) is 0.946. The molecule has 2 aliphatic rings. The number of nitrogen functional groups attached to an aromatic ring is 1. The number of hydrogen-bond acceptors (Lipinski definition) is 2. The molecule has 1 saturated carbocycles. The highest BCUT2D eigenvalue weighted by Gasteiger charge is 2.21. The molecule has 98 valence electrons. The largest absolute Gasteiger partial charge is 0.399 e. The van der Waals surface area contributed by atoms with Gasteiger partial charge in [-0.3, -0.25) is 4.90 Å². The topological polar surface area (TPSA) is 29.3 Å². The average Bonchev–Trinajstić information content (AvgIpc) is 2.39.